The van der Waals surface area contributed by atoms with E-state index in [0.717, 1.165) is 29.9 Å². The first-order valence-electron chi connectivity index (χ1n) is 11.8. The number of hydrogen-bond donors (Lipinski definition) is 1. The molecule has 0 bridgehead atoms. The van der Waals surface area contributed by atoms with Crippen LogP contribution >= 0.6 is 0 Å². The van der Waals surface area contributed by atoms with Crippen LogP contribution in [0.1, 0.15) is 36.5 Å². The number of sulfone groups is 1. The predicted molar refractivity (Wildman–Crippen MR) is 131 cm³/mol. The van der Waals surface area contributed by atoms with Crippen LogP contribution in [0, 0.1) is 11.3 Å². The van der Waals surface area contributed by atoms with Crippen molar-refractivity contribution in [2.24, 2.45) is 0 Å². The van der Waals surface area contributed by atoms with Crippen molar-refractivity contribution < 1.29 is 22.7 Å². The van der Waals surface area contributed by atoms with Crippen molar-refractivity contribution in [1.29, 1.82) is 5.26 Å². The van der Waals surface area contributed by atoms with Gasteiger partial charge in [-0.2, -0.15) is 5.26 Å². The second kappa shape index (κ2) is 8.63. The number of rotatable bonds is 6. The Kier molecular flexibility index (Phi) is 5.86. The van der Waals surface area contributed by atoms with Gasteiger partial charge in [0.1, 0.15) is 17.1 Å². The van der Waals surface area contributed by atoms with Crippen LogP contribution in [0.15, 0.2) is 42.5 Å². The van der Waals surface area contributed by atoms with E-state index in [-0.39, 0.29) is 25.2 Å². The van der Waals surface area contributed by atoms with Gasteiger partial charge >= 0.3 is 0 Å². The molecular weight excluding hydrogens is 466 g/mol. The zero-order valence-electron chi connectivity index (χ0n) is 19.9. The van der Waals surface area contributed by atoms with Gasteiger partial charge in [0.2, 0.25) is 5.91 Å². The monoisotopic (exact) mass is 495 g/mol. The summed E-state index contributed by atoms with van der Waals surface area (Å²) in [5, 5.41) is 12.3. The van der Waals surface area contributed by atoms with Crippen LogP contribution in [-0.4, -0.2) is 64.4 Å². The number of ether oxygens (including phenoxy) is 2. The molecule has 1 atom stereocenters. The zero-order chi connectivity index (χ0) is 24.8. The Bertz CT molecular complexity index is 1290. The maximum atomic E-state index is 12.9. The van der Waals surface area contributed by atoms with E-state index in [1.54, 1.807) is 18.2 Å². The van der Waals surface area contributed by atoms with Crippen molar-refractivity contribution in [3.63, 3.8) is 0 Å². The highest BCUT2D eigenvalue weighted by molar-refractivity contribution is 7.91. The molecule has 3 aliphatic heterocycles. The molecule has 0 aromatic heterocycles. The number of piperidine rings is 1. The van der Waals surface area contributed by atoms with Gasteiger partial charge in [0.15, 0.2) is 9.84 Å². The first-order chi connectivity index (χ1) is 16.7. The van der Waals surface area contributed by atoms with Gasteiger partial charge in [-0.15, -0.1) is 0 Å². The topological polar surface area (TPSA) is 109 Å². The minimum absolute atomic E-state index is 0.0231. The first kappa shape index (κ1) is 23.8. The molecule has 2 aromatic carbocycles. The minimum atomic E-state index is -3.29. The number of benzene rings is 2. The van der Waals surface area contributed by atoms with Gasteiger partial charge < -0.3 is 14.8 Å². The van der Waals surface area contributed by atoms with E-state index in [4.69, 9.17) is 9.47 Å². The van der Waals surface area contributed by atoms with Crippen LogP contribution in [0.2, 0.25) is 0 Å². The Morgan fingerprint density at radius 1 is 1.17 bits per heavy atom. The molecule has 3 aliphatic rings. The second-order valence-corrected chi connectivity index (χ2v) is 12.2. The van der Waals surface area contributed by atoms with Gasteiger partial charge in [-0.05, 0) is 74.3 Å². The van der Waals surface area contributed by atoms with E-state index in [9.17, 15) is 18.5 Å². The largest absolute Gasteiger partial charge is 0.492 e. The van der Waals surface area contributed by atoms with Crippen molar-refractivity contribution in [1.82, 2.24) is 4.90 Å². The zero-order valence-corrected chi connectivity index (χ0v) is 20.7. The van der Waals surface area contributed by atoms with Gasteiger partial charge in [0.05, 0.1) is 30.3 Å². The molecular formula is C26H29N3O5S. The Balaban J connectivity index is 1.20. The second-order valence-electron chi connectivity index (χ2n) is 9.89. The van der Waals surface area contributed by atoms with E-state index in [2.05, 4.69) is 23.2 Å². The van der Waals surface area contributed by atoms with Crippen molar-refractivity contribution in [3.05, 3.63) is 59.2 Å². The molecule has 35 heavy (non-hydrogen) atoms. The van der Waals surface area contributed by atoms with Crippen molar-refractivity contribution in [3.8, 4) is 11.8 Å². The third-order valence-corrected chi connectivity index (χ3v) is 9.76. The van der Waals surface area contributed by atoms with Gasteiger partial charge in [0.25, 0.3) is 0 Å². The summed E-state index contributed by atoms with van der Waals surface area (Å²) in [6.45, 7) is 4.45. The number of likely N-dealkylation sites (tertiary alicyclic amines) is 1. The molecule has 1 N–H and O–H groups in total. The third kappa shape index (κ3) is 3.90. The minimum Gasteiger partial charge on any atom is -0.492 e. The van der Waals surface area contributed by atoms with Crippen LogP contribution in [0.4, 0.5) is 5.69 Å². The molecule has 2 saturated heterocycles. The number of fused-ring (bicyclic) bond motifs is 2. The fourth-order valence-electron chi connectivity index (χ4n) is 5.39. The lowest BCUT2D eigenvalue weighted by Gasteiger charge is -2.40. The Labute approximate surface area is 205 Å². The normalized spacial score (nSPS) is 21.5. The fourth-order valence-corrected chi connectivity index (χ4v) is 6.54. The third-order valence-electron chi connectivity index (χ3n) is 7.87. The summed E-state index contributed by atoms with van der Waals surface area (Å²) in [6, 6.07) is 15.0. The van der Waals surface area contributed by atoms with Crippen molar-refractivity contribution in [2.75, 3.05) is 44.5 Å². The van der Waals surface area contributed by atoms with E-state index < -0.39 is 20.0 Å². The molecule has 1 amide bonds. The highest BCUT2D eigenvalue weighted by atomic mass is 32.2. The summed E-state index contributed by atoms with van der Waals surface area (Å²) in [4.78, 5) is 15.2. The first-order valence-corrected chi connectivity index (χ1v) is 13.7. The molecule has 3 heterocycles. The average Bonchev–Trinajstić information content (AvgIpc) is 3.07. The van der Waals surface area contributed by atoms with Gasteiger partial charge in [-0.1, -0.05) is 12.1 Å². The Morgan fingerprint density at radius 2 is 1.86 bits per heavy atom. The van der Waals surface area contributed by atoms with Gasteiger partial charge in [-0.25, -0.2) is 8.42 Å². The van der Waals surface area contributed by atoms with Crippen molar-refractivity contribution >= 4 is 21.4 Å². The van der Waals surface area contributed by atoms with E-state index in [0.29, 0.717) is 30.8 Å². The molecule has 184 valence electrons. The number of carbonyl (C=O) groups excluding carboxylic acids is 1. The van der Waals surface area contributed by atoms with Gasteiger partial charge in [0, 0.05) is 18.0 Å². The maximum Gasteiger partial charge on any atom is 0.235 e. The summed E-state index contributed by atoms with van der Waals surface area (Å²) < 4.78 is 34.8. The number of nitrogens with one attached hydrogen (secondary N) is 1. The lowest BCUT2D eigenvalue weighted by Crippen LogP contribution is -2.52. The van der Waals surface area contributed by atoms with Crippen LogP contribution in [0.3, 0.4) is 0 Å². The van der Waals surface area contributed by atoms with Gasteiger partial charge in [-0.3, -0.25) is 9.69 Å². The van der Waals surface area contributed by atoms with Crippen LogP contribution in [0.5, 0.6) is 5.75 Å². The summed E-state index contributed by atoms with van der Waals surface area (Å²) in [7, 11) is -3.29. The van der Waals surface area contributed by atoms with Crippen LogP contribution in [-0.2, 0) is 29.5 Å². The molecule has 2 fully saturated rings. The summed E-state index contributed by atoms with van der Waals surface area (Å²) in [6.07, 6.45) is 2.63. The quantitative estimate of drug-likeness (QED) is 0.656. The van der Waals surface area contributed by atoms with Crippen molar-refractivity contribution in [2.45, 2.75) is 36.0 Å². The number of carbonyl (C=O) groups is 1. The lowest BCUT2D eigenvalue weighted by molar-refractivity contribution is -0.122. The highest BCUT2D eigenvalue weighted by Crippen LogP contribution is 2.45. The Hall–Kier alpha value is -2.93. The number of nitriles is 1. The number of hydrogen-bond acceptors (Lipinski definition) is 7. The van der Waals surface area contributed by atoms with Crippen LogP contribution < -0.4 is 10.1 Å². The fraction of sp³-hybridized carbons (Fsp3) is 0.462. The molecule has 5 rings (SSSR count). The summed E-state index contributed by atoms with van der Waals surface area (Å²) in [5.41, 5.74) is 2.47. The molecule has 1 spiro atoms. The molecule has 2 aromatic rings. The molecule has 1 unspecified atom stereocenters. The molecule has 0 aliphatic carbocycles. The molecule has 8 nitrogen and oxygen atoms in total. The molecule has 0 saturated carbocycles. The molecule has 9 heteroatoms. The number of anilines is 1. The number of nitrogens with zero attached hydrogens (tertiary/aromatic N) is 2. The smallest absolute Gasteiger partial charge is 0.235 e. The van der Waals surface area contributed by atoms with E-state index in [1.165, 1.54) is 6.26 Å². The lowest BCUT2D eigenvalue weighted by atomic mass is 9.73. The van der Waals surface area contributed by atoms with E-state index in [1.807, 2.05) is 24.3 Å². The molecule has 0 radical (unpaired) electrons. The Morgan fingerprint density at radius 3 is 2.43 bits per heavy atom. The van der Waals surface area contributed by atoms with E-state index >= 15 is 0 Å². The highest BCUT2D eigenvalue weighted by Gasteiger charge is 2.50. The SMILES string of the molecule is CC(COc1ccc(C2(S(C)(=O)=O)COC2)cc1)N1CCC2(CC1)C(=O)Nc1ccc(C#N)cc12. The average molecular weight is 496 g/mol. The predicted octanol–water partition coefficient (Wildman–Crippen LogP) is 2.58. The summed E-state index contributed by atoms with van der Waals surface area (Å²) >= 11 is 0. The maximum absolute atomic E-state index is 12.9. The summed E-state index contributed by atoms with van der Waals surface area (Å²) in [5.74, 6) is 0.709. The standard InChI is InChI=1S/C26H29N3O5S/c1-18(15-34-21-6-4-20(5-7-21)26(16-33-17-26)35(2,31)32)29-11-9-25(10-12-29)22-13-19(14-27)3-8-23(22)28-24(25)30/h3-8,13,18H,9-12,15-17H2,1-2H3,(H,28,30). The number of amides is 1. The van der Waals surface area contributed by atoms with Crippen LogP contribution in [0.25, 0.3) is 0 Å².